The first kappa shape index (κ1) is 13.4. The summed E-state index contributed by atoms with van der Waals surface area (Å²) in [6.45, 7) is 2.38. The number of rotatable bonds is 5. The lowest BCUT2D eigenvalue weighted by molar-refractivity contribution is -0.139. The summed E-state index contributed by atoms with van der Waals surface area (Å²) >= 11 is 5.03. The summed E-state index contributed by atoms with van der Waals surface area (Å²) in [7, 11) is 0. The minimum atomic E-state index is -0.892. The normalized spacial score (nSPS) is 11.6. The summed E-state index contributed by atoms with van der Waals surface area (Å²) in [6, 6.07) is 9.15. The third-order valence-electron chi connectivity index (χ3n) is 2.31. The van der Waals surface area contributed by atoms with Crippen molar-refractivity contribution >= 4 is 23.3 Å². The monoisotopic (exact) mass is 252 g/mol. The number of benzene rings is 1. The van der Waals surface area contributed by atoms with E-state index in [0.29, 0.717) is 18.1 Å². The van der Waals surface area contributed by atoms with Crippen molar-refractivity contribution in [2.24, 2.45) is 0 Å². The standard InChI is InChI=1S/C12H16N2O2S/c1-2-10(11(15)16)14-12(17)13-8-9-6-4-3-5-7-9/h3-7,10H,2,8H2,1H3,(H,15,16)(H2,13,14,17)/t10-/m0/s1. The van der Waals surface area contributed by atoms with Crippen molar-refractivity contribution in [1.29, 1.82) is 0 Å². The SMILES string of the molecule is CC[C@H](NC(=S)NCc1ccccc1)C(=O)O. The van der Waals surface area contributed by atoms with Crippen molar-refractivity contribution in [3.63, 3.8) is 0 Å². The molecule has 0 saturated carbocycles. The van der Waals surface area contributed by atoms with Crippen LogP contribution in [0, 0.1) is 0 Å². The topological polar surface area (TPSA) is 61.4 Å². The fraction of sp³-hybridized carbons (Fsp3) is 0.333. The van der Waals surface area contributed by atoms with Crippen LogP contribution in [0.1, 0.15) is 18.9 Å². The van der Waals surface area contributed by atoms with Gasteiger partial charge in [0.1, 0.15) is 6.04 Å². The third kappa shape index (κ3) is 4.82. The summed E-state index contributed by atoms with van der Waals surface area (Å²) in [5, 5.41) is 15.0. The van der Waals surface area contributed by atoms with Crippen LogP contribution in [0.5, 0.6) is 0 Å². The average Bonchev–Trinajstić information content (AvgIpc) is 2.34. The van der Waals surface area contributed by atoms with Crippen LogP contribution >= 0.6 is 12.2 Å². The van der Waals surface area contributed by atoms with Gasteiger partial charge in [-0.1, -0.05) is 37.3 Å². The Kier molecular flexibility index (Phi) is 5.42. The van der Waals surface area contributed by atoms with E-state index in [1.54, 1.807) is 6.92 Å². The lowest BCUT2D eigenvalue weighted by Crippen LogP contribution is -2.45. The van der Waals surface area contributed by atoms with E-state index in [-0.39, 0.29) is 0 Å². The molecule has 0 spiro atoms. The maximum Gasteiger partial charge on any atom is 0.326 e. The van der Waals surface area contributed by atoms with E-state index in [2.05, 4.69) is 10.6 Å². The minimum Gasteiger partial charge on any atom is -0.480 e. The van der Waals surface area contributed by atoms with Gasteiger partial charge in [0.25, 0.3) is 0 Å². The molecule has 0 amide bonds. The van der Waals surface area contributed by atoms with Crippen LogP contribution in [-0.4, -0.2) is 22.2 Å². The molecule has 0 aliphatic carbocycles. The van der Waals surface area contributed by atoms with E-state index in [4.69, 9.17) is 17.3 Å². The summed E-state index contributed by atoms with van der Waals surface area (Å²) < 4.78 is 0. The fourth-order valence-corrected chi connectivity index (χ4v) is 1.54. The molecule has 0 heterocycles. The average molecular weight is 252 g/mol. The van der Waals surface area contributed by atoms with Crippen LogP contribution in [0.15, 0.2) is 30.3 Å². The van der Waals surface area contributed by atoms with Gasteiger partial charge in [-0.25, -0.2) is 4.79 Å². The Balaban J connectivity index is 2.37. The highest BCUT2D eigenvalue weighted by Gasteiger charge is 2.15. The summed E-state index contributed by atoms with van der Waals surface area (Å²) in [6.07, 6.45) is 0.489. The van der Waals surface area contributed by atoms with Gasteiger partial charge < -0.3 is 15.7 Å². The molecule has 0 unspecified atom stereocenters. The molecule has 17 heavy (non-hydrogen) atoms. The Labute approximate surface area is 106 Å². The molecule has 0 bridgehead atoms. The molecule has 0 radical (unpaired) electrons. The van der Waals surface area contributed by atoms with E-state index >= 15 is 0 Å². The van der Waals surface area contributed by atoms with Gasteiger partial charge >= 0.3 is 5.97 Å². The van der Waals surface area contributed by atoms with Gasteiger partial charge in [-0.2, -0.15) is 0 Å². The lowest BCUT2D eigenvalue weighted by Gasteiger charge is -2.15. The van der Waals surface area contributed by atoms with Gasteiger partial charge in [0.05, 0.1) is 0 Å². The van der Waals surface area contributed by atoms with Gasteiger partial charge in [-0.15, -0.1) is 0 Å². The summed E-state index contributed by atoms with van der Waals surface area (Å²) in [4.78, 5) is 10.8. The van der Waals surface area contributed by atoms with E-state index in [9.17, 15) is 4.79 Å². The predicted octanol–water partition coefficient (Wildman–Crippen LogP) is 1.51. The third-order valence-corrected chi connectivity index (χ3v) is 2.57. The van der Waals surface area contributed by atoms with E-state index in [1.165, 1.54) is 0 Å². The Morgan fingerprint density at radius 2 is 2.06 bits per heavy atom. The second-order valence-corrected chi connectivity index (χ2v) is 4.02. The Bertz CT molecular complexity index is 381. The van der Waals surface area contributed by atoms with Crippen molar-refractivity contribution in [3.8, 4) is 0 Å². The van der Waals surface area contributed by atoms with Crippen LogP contribution < -0.4 is 10.6 Å². The van der Waals surface area contributed by atoms with Crippen molar-refractivity contribution in [1.82, 2.24) is 10.6 Å². The Morgan fingerprint density at radius 1 is 1.41 bits per heavy atom. The van der Waals surface area contributed by atoms with Crippen LogP contribution in [0.25, 0.3) is 0 Å². The Morgan fingerprint density at radius 3 is 2.59 bits per heavy atom. The number of nitrogens with one attached hydrogen (secondary N) is 2. The first-order valence-corrected chi connectivity index (χ1v) is 5.85. The lowest BCUT2D eigenvalue weighted by atomic mass is 10.2. The minimum absolute atomic E-state index is 0.364. The predicted molar refractivity (Wildman–Crippen MR) is 70.7 cm³/mol. The summed E-state index contributed by atoms with van der Waals surface area (Å²) in [5.74, 6) is -0.892. The number of carboxylic acids is 1. The highest BCUT2D eigenvalue weighted by atomic mass is 32.1. The number of hydrogen-bond acceptors (Lipinski definition) is 2. The first-order chi connectivity index (χ1) is 8.13. The Hall–Kier alpha value is -1.62. The number of carbonyl (C=O) groups is 1. The van der Waals surface area contributed by atoms with E-state index < -0.39 is 12.0 Å². The molecule has 0 saturated heterocycles. The molecule has 4 nitrogen and oxygen atoms in total. The summed E-state index contributed by atoms with van der Waals surface area (Å²) in [5.41, 5.74) is 1.10. The smallest absolute Gasteiger partial charge is 0.326 e. The maximum absolute atomic E-state index is 10.8. The highest BCUT2D eigenvalue weighted by molar-refractivity contribution is 7.80. The molecule has 1 rings (SSSR count). The quantitative estimate of drug-likeness (QED) is 0.693. The second-order valence-electron chi connectivity index (χ2n) is 3.61. The van der Waals surface area contributed by atoms with Crippen LogP contribution in [0.4, 0.5) is 0 Å². The van der Waals surface area contributed by atoms with Crippen molar-refractivity contribution in [2.75, 3.05) is 0 Å². The zero-order valence-electron chi connectivity index (χ0n) is 9.64. The molecule has 0 aliphatic rings. The molecule has 1 aromatic rings. The molecular weight excluding hydrogens is 236 g/mol. The number of aliphatic carboxylic acids is 1. The van der Waals surface area contributed by atoms with Gasteiger partial charge in [0, 0.05) is 6.54 Å². The van der Waals surface area contributed by atoms with Crippen LogP contribution in [0.3, 0.4) is 0 Å². The van der Waals surface area contributed by atoms with Crippen molar-refractivity contribution in [3.05, 3.63) is 35.9 Å². The van der Waals surface area contributed by atoms with E-state index in [1.807, 2.05) is 30.3 Å². The zero-order chi connectivity index (χ0) is 12.7. The molecule has 92 valence electrons. The molecular formula is C12H16N2O2S. The van der Waals surface area contributed by atoms with Crippen molar-refractivity contribution < 1.29 is 9.90 Å². The van der Waals surface area contributed by atoms with E-state index in [0.717, 1.165) is 5.56 Å². The van der Waals surface area contributed by atoms with Gasteiger partial charge in [-0.05, 0) is 24.2 Å². The highest BCUT2D eigenvalue weighted by Crippen LogP contribution is 1.97. The van der Waals surface area contributed by atoms with Crippen molar-refractivity contribution in [2.45, 2.75) is 25.9 Å². The second kappa shape index (κ2) is 6.85. The number of hydrogen-bond donors (Lipinski definition) is 3. The number of thiocarbonyl (C=S) groups is 1. The zero-order valence-corrected chi connectivity index (χ0v) is 10.5. The molecule has 3 N–H and O–H groups in total. The molecule has 0 aliphatic heterocycles. The molecule has 0 fully saturated rings. The first-order valence-electron chi connectivity index (χ1n) is 5.44. The molecule has 5 heteroatoms. The van der Waals surface area contributed by atoms with Gasteiger partial charge in [0.2, 0.25) is 0 Å². The van der Waals surface area contributed by atoms with Gasteiger partial charge in [-0.3, -0.25) is 0 Å². The maximum atomic E-state index is 10.8. The van der Waals surface area contributed by atoms with Crippen LogP contribution in [0.2, 0.25) is 0 Å². The molecule has 0 aromatic heterocycles. The van der Waals surface area contributed by atoms with Crippen LogP contribution in [-0.2, 0) is 11.3 Å². The van der Waals surface area contributed by atoms with Gasteiger partial charge in [0.15, 0.2) is 5.11 Å². The molecule has 1 atom stereocenters. The fourth-order valence-electron chi connectivity index (χ4n) is 1.33. The largest absolute Gasteiger partial charge is 0.480 e. The molecule has 1 aromatic carbocycles. The number of carboxylic acid groups (broad SMARTS) is 1.